The Morgan fingerprint density at radius 1 is 1.05 bits per heavy atom. The highest BCUT2D eigenvalue weighted by atomic mass is 16.5. The van der Waals surface area contributed by atoms with Crippen LogP contribution in [0.5, 0.6) is 0 Å². The summed E-state index contributed by atoms with van der Waals surface area (Å²) in [7, 11) is 0. The fourth-order valence-electron chi connectivity index (χ4n) is 3.94. The molecule has 130 valence electrons. The van der Waals surface area contributed by atoms with Crippen molar-refractivity contribution in [2.75, 3.05) is 26.2 Å². The SMILES string of the molecule is CC1CCN(C[C@@H](O)COC2CCC(C(C)(C)C)CC2)CC1. The predicted octanol–water partition coefficient (Wildman–Crippen LogP) is 3.70. The van der Waals surface area contributed by atoms with E-state index < -0.39 is 0 Å². The summed E-state index contributed by atoms with van der Waals surface area (Å²) < 4.78 is 5.99. The first-order valence-electron chi connectivity index (χ1n) is 9.36. The van der Waals surface area contributed by atoms with E-state index in [-0.39, 0.29) is 6.10 Å². The van der Waals surface area contributed by atoms with Crippen molar-refractivity contribution in [3.63, 3.8) is 0 Å². The number of nitrogens with zero attached hydrogens (tertiary/aromatic N) is 1. The molecule has 0 aromatic rings. The fraction of sp³-hybridized carbons (Fsp3) is 1.00. The lowest BCUT2D eigenvalue weighted by molar-refractivity contribution is -0.0461. The van der Waals surface area contributed by atoms with Crippen molar-refractivity contribution in [3.8, 4) is 0 Å². The van der Waals surface area contributed by atoms with Crippen molar-refractivity contribution in [2.24, 2.45) is 17.3 Å². The Hall–Kier alpha value is -0.120. The van der Waals surface area contributed by atoms with Crippen LogP contribution in [-0.4, -0.2) is 48.5 Å². The lowest BCUT2D eigenvalue weighted by Gasteiger charge is -2.37. The Kier molecular flexibility index (Phi) is 6.73. The van der Waals surface area contributed by atoms with Crippen LogP contribution in [0.1, 0.15) is 66.2 Å². The van der Waals surface area contributed by atoms with Crippen molar-refractivity contribution < 1.29 is 9.84 Å². The summed E-state index contributed by atoms with van der Waals surface area (Å²) in [5, 5.41) is 10.2. The van der Waals surface area contributed by atoms with Gasteiger partial charge in [0, 0.05) is 6.54 Å². The summed E-state index contributed by atoms with van der Waals surface area (Å²) in [6, 6.07) is 0. The molecule has 0 bridgehead atoms. The van der Waals surface area contributed by atoms with Crippen molar-refractivity contribution in [3.05, 3.63) is 0 Å². The van der Waals surface area contributed by atoms with Gasteiger partial charge >= 0.3 is 0 Å². The van der Waals surface area contributed by atoms with Crippen LogP contribution in [0.3, 0.4) is 0 Å². The molecular formula is C19H37NO2. The van der Waals surface area contributed by atoms with E-state index >= 15 is 0 Å². The number of hydrogen-bond acceptors (Lipinski definition) is 3. The molecule has 2 rings (SSSR count). The van der Waals surface area contributed by atoms with Crippen molar-refractivity contribution in [1.29, 1.82) is 0 Å². The lowest BCUT2D eigenvalue weighted by Crippen LogP contribution is -2.40. The molecule has 1 atom stereocenters. The second-order valence-corrected chi connectivity index (χ2v) is 8.81. The van der Waals surface area contributed by atoms with Crippen LogP contribution in [0, 0.1) is 17.3 Å². The number of piperidine rings is 1. The second-order valence-electron chi connectivity index (χ2n) is 8.81. The third-order valence-corrected chi connectivity index (χ3v) is 5.77. The maximum absolute atomic E-state index is 10.2. The molecule has 3 heteroatoms. The van der Waals surface area contributed by atoms with Crippen LogP contribution in [0.4, 0.5) is 0 Å². The number of β-amino-alcohol motifs (C(OH)–C–C–N with tert-alkyl or cyclic N) is 1. The number of ether oxygens (including phenoxy) is 1. The molecule has 1 heterocycles. The normalized spacial score (nSPS) is 30.4. The fourth-order valence-corrected chi connectivity index (χ4v) is 3.94. The summed E-state index contributed by atoms with van der Waals surface area (Å²) in [6.45, 7) is 12.9. The van der Waals surface area contributed by atoms with E-state index in [0.29, 0.717) is 18.1 Å². The molecule has 2 fully saturated rings. The highest BCUT2D eigenvalue weighted by Gasteiger charge is 2.30. The van der Waals surface area contributed by atoms with Crippen molar-refractivity contribution in [1.82, 2.24) is 4.90 Å². The lowest BCUT2D eigenvalue weighted by atomic mass is 9.72. The van der Waals surface area contributed by atoms with Gasteiger partial charge in [-0.1, -0.05) is 27.7 Å². The minimum Gasteiger partial charge on any atom is -0.389 e. The monoisotopic (exact) mass is 311 g/mol. The standard InChI is InChI=1S/C19H37NO2/c1-15-9-11-20(12-10-15)13-17(21)14-22-18-7-5-16(6-8-18)19(2,3)4/h15-18,21H,5-14H2,1-4H3/t16?,17-,18?/m1/s1. The molecule has 1 N–H and O–H groups in total. The van der Waals surface area contributed by atoms with E-state index in [9.17, 15) is 5.11 Å². The summed E-state index contributed by atoms with van der Waals surface area (Å²) >= 11 is 0. The van der Waals surface area contributed by atoms with E-state index in [1.807, 2.05) is 0 Å². The van der Waals surface area contributed by atoms with E-state index in [1.54, 1.807) is 0 Å². The van der Waals surface area contributed by atoms with Crippen LogP contribution in [0.15, 0.2) is 0 Å². The zero-order valence-corrected chi connectivity index (χ0v) is 15.2. The van der Waals surface area contributed by atoms with Crippen LogP contribution in [-0.2, 0) is 4.74 Å². The van der Waals surface area contributed by atoms with Gasteiger partial charge < -0.3 is 14.7 Å². The third kappa shape index (κ3) is 5.82. The van der Waals surface area contributed by atoms with E-state index in [4.69, 9.17) is 4.74 Å². The molecule has 1 aliphatic carbocycles. The van der Waals surface area contributed by atoms with Crippen LogP contribution >= 0.6 is 0 Å². The average molecular weight is 312 g/mol. The molecule has 0 radical (unpaired) electrons. The largest absolute Gasteiger partial charge is 0.389 e. The Morgan fingerprint density at radius 2 is 1.64 bits per heavy atom. The van der Waals surface area contributed by atoms with Crippen molar-refractivity contribution >= 4 is 0 Å². The van der Waals surface area contributed by atoms with Gasteiger partial charge in [0.2, 0.25) is 0 Å². The van der Waals surface area contributed by atoms with E-state index in [1.165, 1.54) is 25.7 Å². The zero-order valence-electron chi connectivity index (χ0n) is 15.2. The third-order valence-electron chi connectivity index (χ3n) is 5.77. The molecule has 2 aliphatic rings. The molecule has 0 amide bonds. The molecule has 0 unspecified atom stereocenters. The van der Waals surface area contributed by atoms with Gasteiger partial charge in [-0.05, 0) is 68.9 Å². The molecule has 3 nitrogen and oxygen atoms in total. The highest BCUT2D eigenvalue weighted by Crippen LogP contribution is 2.38. The highest BCUT2D eigenvalue weighted by molar-refractivity contribution is 4.81. The Morgan fingerprint density at radius 3 is 2.18 bits per heavy atom. The number of likely N-dealkylation sites (tertiary alicyclic amines) is 1. The Balaban J connectivity index is 1.60. The maximum atomic E-state index is 10.2. The van der Waals surface area contributed by atoms with E-state index in [2.05, 4.69) is 32.6 Å². The number of hydrogen-bond donors (Lipinski definition) is 1. The molecule has 22 heavy (non-hydrogen) atoms. The maximum Gasteiger partial charge on any atom is 0.0900 e. The predicted molar refractivity (Wildman–Crippen MR) is 92.0 cm³/mol. The van der Waals surface area contributed by atoms with Crippen molar-refractivity contribution in [2.45, 2.75) is 78.4 Å². The van der Waals surface area contributed by atoms with Gasteiger partial charge in [0.05, 0.1) is 18.8 Å². The Labute approximate surface area is 137 Å². The molecule has 1 aliphatic heterocycles. The smallest absolute Gasteiger partial charge is 0.0900 e. The van der Waals surface area contributed by atoms with Crippen LogP contribution in [0.2, 0.25) is 0 Å². The number of rotatable bonds is 5. The molecule has 0 aromatic heterocycles. The minimum absolute atomic E-state index is 0.325. The number of aliphatic hydroxyl groups excluding tert-OH is 1. The topological polar surface area (TPSA) is 32.7 Å². The summed E-state index contributed by atoms with van der Waals surface area (Å²) in [5.41, 5.74) is 0.426. The van der Waals surface area contributed by atoms with Gasteiger partial charge in [-0.2, -0.15) is 0 Å². The molecule has 0 spiro atoms. The minimum atomic E-state index is -0.325. The molecule has 1 saturated carbocycles. The second kappa shape index (κ2) is 8.12. The first kappa shape index (κ1) is 18.2. The summed E-state index contributed by atoms with van der Waals surface area (Å²) in [6.07, 6.45) is 7.45. The van der Waals surface area contributed by atoms with Gasteiger partial charge in [-0.15, -0.1) is 0 Å². The van der Waals surface area contributed by atoms with Crippen LogP contribution in [0.25, 0.3) is 0 Å². The van der Waals surface area contributed by atoms with Gasteiger partial charge in [-0.3, -0.25) is 0 Å². The molecule has 0 aromatic carbocycles. The Bertz CT molecular complexity index is 310. The first-order chi connectivity index (χ1) is 10.3. The zero-order chi connectivity index (χ0) is 16.2. The van der Waals surface area contributed by atoms with Gasteiger partial charge in [0.1, 0.15) is 0 Å². The summed E-state index contributed by atoms with van der Waals surface area (Å²) in [5.74, 6) is 1.68. The van der Waals surface area contributed by atoms with Gasteiger partial charge in [0.25, 0.3) is 0 Å². The van der Waals surface area contributed by atoms with Gasteiger partial charge in [-0.25, -0.2) is 0 Å². The quantitative estimate of drug-likeness (QED) is 0.840. The van der Waals surface area contributed by atoms with E-state index in [0.717, 1.165) is 44.3 Å². The first-order valence-corrected chi connectivity index (χ1v) is 9.36. The average Bonchev–Trinajstić information content (AvgIpc) is 2.47. The number of aliphatic hydroxyl groups is 1. The van der Waals surface area contributed by atoms with Crippen LogP contribution < -0.4 is 0 Å². The molecular weight excluding hydrogens is 274 g/mol. The molecule has 1 saturated heterocycles. The summed E-state index contributed by atoms with van der Waals surface area (Å²) in [4.78, 5) is 2.39. The van der Waals surface area contributed by atoms with Gasteiger partial charge in [0.15, 0.2) is 0 Å².